The molecule has 2 atom stereocenters. The fourth-order valence-corrected chi connectivity index (χ4v) is 2.72. The summed E-state index contributed by atoms with van der Waals surface area (Å²) >= 11 is 0. The average Bonchev–Trinajstić information content (AvgIpc) is 2.93. The summed E-state index contributed by atoms with van der Waals surface area (Å²) in [6.07, 6.45) is 2.77. The van der Waals surface area contributed by atoms with Crippen molar-refractivity contribution < 1.29 is 13.9 Å². The minimum absolute atomic E-state index is 0.0459. The minimum atomic E-state index is -0.200. The van der Waals surface area contributed by atoms with Crippen LogP contribution in [0.1, 0.15) is 59.6 Å². The van der Waals surface area contributed by atoms with Crippen molar-refractivity contribution >= 4 is 6.03 Å². The van der Waals surface area contributed by atoms with E-state index in [4.69, 9.17) is 9.15 Å². The highest BCUT2D eigenvalue weighted by atomic mass is 16.5. The average molecular weight is 323 g/mol. The first-order chi connectivity index (χ1) is 10.6. The van der Waals surface area contributed by atoms with Crippen molar-refractivity contribution in [3.8, 4) is 0 Å². The van der Waals surface area contributed by atoms with Crippen LogP contribution in [0.4, 0.5) is 4.79 Å². The Balaban J connectivity index is 1.79. The highest BCUT2D eigenvalue weighted by Crippen LogP contribution is 2.42. The number of aromatic nitrogens is 1. The predicted octanol–water partition coefficient (Wildman–Crippen LogP) is 2.97. The highest BCUT2D eigenvalue weighted by Gasteiger charge is 2.49. The van der Waals surface area contributed by atoms with Gasteiger partial charge in [0.05, 0.1) is 18.8 Å². The van der Waals surface area contributed by atoms with Crippen molar-refractivity contribution in [2.75, 3.05) is 6.61 Å². The van der Waals surface area contributed by atoms with Crippen molar-refractivity contribution in [2.24, 2.45) is 5.41 Å². The number of hydrogen-bond donors (Lipinski definition) is 2. The summed E-state index contributed by atoms with van der Waals surface area (Å²) in [4.78, 5) is 16.2. The van der Waals surface area contributed by atoms with Crippen LogP contribution in [0.2, 0.25) is 0 Å². The van der Waals surface area contributed by atoms with Gasteiger partial charge in [0.25, 0.3) is 0 Å². The van der Waals surface area contributed by atoms with E-state index in [1.165, 1.54) is 0 Å². The second kappa shape index (κ2) is 6.51. The van der Waals surface area contributed by atoms with E-state index >= 15 is 0 Å². The molecule has 0 radical (unpaired) electrons. The number of oxazole rings is 1. The summed E-state index contributed by atoms with van der Waals surface area (Å²) in [5.41, 5.74) is -0.132. The zero-order chi connectivity index (χ0) is 17.3. The Morgan fingerprint density at radius 2 is 2.17 bits per heavy atom. The number of nitrogens with one attached hydrogen (secondary N) is 2. The number of carbonyl (C=O) groups is 1. The summed E-state index contributed by atoms with van der Waals surface area (Å²) in [7, 11) is 0. The topological polar surface area (TPSA) is 76.4 Å². The number of rotatable bonds is 5. The van der Waals surface area contributed by atoms with E-state index in [0.29, 0.717) is 12.5 Å². The van der Waals surface area contributed by atoms with Gasteiger partial charge in [-0.2, -0.15) is 0 Å². The van der Waals surface area contributed by atoms with Crippen LogP contribution < -0.4 is 10.6 Å². The third-order valence-corrected chi connectivity index (χ3v) is 4.54. The van der Waals surface area contributed by atoms with Crippen LogP contribution in [0, 0.1) is 5.41 Å². The van der Waals surface area contributed by atoms with E-state index in [0.717, 1.165) is 12.2 Å². The van der Waals surface area contributed by atoms with Crippen LogP contribution >= 0.6 is 0 Å². The van der Waals surface area contributed by atoms with Crippen LogP contribution in [0.3, 0.4) is 0 Å². The van der Waals surface area contributed by atoms with Crippen LogP contribution in [-0.2, 0) is 16.7 Å². The van der Waals surface area contributed by atoms with Crippen LogP contribution in [0.5, 0.6) is 0 Å². The van der Waals surface area contributed by atoms with Crippen molar-refractivity contribution in [2.45, 2.75) is 72.1 Å². The normalized spacial score (nSPS) is 23.2. The van der Waals surface area contributed by atoms with Gasteiger partial charge in [-0.1, -0.05) is 34.6 Å². The lowest BCUT2D eigenvalue weighted by atomic mass is 9.64. The van der Waals surface area contributed by atoms with Gasteiger partial charge in [0.1, 0.15) is 5.76 Å². The zero-order valence-corrected chi connectivity index (χ0v) is 15.0. The molecule has 2 N–H and O–H groups in total. The Morgan fingerprint density at radius 3 is 2.70 bits per heavy atom. The molecular formula is C17H29N3O3. The maximum Gasteiger partial charge on any atom is 0.315 e. The van der Waals surface area contributed by atoms with E-state index in [1.807, 2.05) is 6.92 Å². The fraction of sp³-hybridized carbons (Fsp3) is 0.765. The fourth-order valence-electron chi connectivity index (χ4n) is 2.72. The van der Waals surface area contributed by atoms with E-state index in [-0.39, 0.29) is 35.6 Å². The van der Waals surface area contributed by atoms with Gasteiger partial charge in [-0.25, -0.2) is 9.78 Å². The molecule has 0 aliphatic heterocycles. The Hall–Kier alpha value is -1.56. The molecule has 0 aromatic carbocycles. The van der Waals surface area contributed by atoms with Gasteiger partial charge in [-0.05, 0) is 13.3 Å². The molecule has 1 aromatic rings. The Morgan fingerprint density at radius 1 is 1.48 bits per heavy atom. The van der Waals surface area contributed by atoms with Crippen molar-refractivity contribution in [1.82, 2.24) is 15.6 Å². The van der Waals surface area contributed by atoms with E-state index in [1.54, 1.807) is 6.20 Å². The number of hydrogen-bond acceptors (Lipinski definition) is 4. The van der Waals surface area contributed by atoms with Crippen LogP contribution in [0.15, 0.2) is 10.6 Å². The molecule has 1 fully saturated rings. The van der Waals surface area contributed by atoms with Gasteiger partial charge in [0.2, 0.25) is 5.89 Å². The number of nitrogens with zero attached hydrogens (tertiary/aromatic N) is 1. The molecule has 2 amide bonds. The third kappa shape index (κ3) is 4.05. The standard InChI is InChI=1S/C17H29N3O3/c1-7-22-12-8-11(17(12,5)6)20-15(21)19-10-14-18-9-13(23-14)16(2,3)4/h9,11-12H,7-8,10H2,1-6H3,(H2,19,20,21)/t11-,12+/m0/s1. The van der Waals surface area contributed by atoms with Gasteiger partial charge in [-0.3, -0.25) is 0 Å². The number of amides is 2. The first-order valence-electron chi connectivity index (χ1n) is 8.25. The molecule has 0 spiro atoms. The molecule has 1 aliphatic carbocycles. The van der Waals surface area contributed by atoms with Gasteiger partial charge in [-0.15, -0.1) is 0 Å². The van der Waals surface area contributed by atoms with Gasteiger partial charge in [0, 0.05) is 23.5 Å². The number of carbonyl (C=O) groups excluding carboxylic acids is 1. The molecule has 2 rings (SSSR count). The van der Waals surface area contributed by atoms with Crippen molar-refractivity contribution in [3.63, 3.8) is 0 Å². The van der Waals surface area contributed by atoms with E-state index in [9.17, 15) is 4.79 Å². The molecule has 1 saturated carbocycles. The smallest absolute Gasteiger partial charge is 0.315 e. The molecule has 0 bridgehead atoms. The van der Waals surface area contributed by atoms with Crippen LogP contribution in [0.25, 0.3) is 0 Å². The van der Waals surface area contributed by atoms with Gasteiger partial charge >= 0.3 is 6.03 Å². The number of ether oxygens (including phenoxy) is 1. The SMILES string of the molecule is CCO[C@@H]1C[C@H](NC(=O)NCc2ncc(C(C)(C)C)o2)C1(C)C. The summed E-state index contributed by atoms with van der Waals surface area (Å²) in [6.45, 7) is 13.4. The van der Waals surface area contributed by atoms with Crippen molar-refractivity contribution in [3.05, 3.63) is 17.8 Å². The lowest BCUT2D eigenvalue weighted by molar-refractivity contribution is -0.110. The molecule has 1 aliphatic rings. The highest BCUT2D eigenvalue weighted by molar-refractivity contribution is 5.74. The number of urea groups is 1. The Labute approximate surface area is 138 Å². The Bertz CT molecular complexity index is 546. The van der Waals surface area contributed by atoms with Gasteiger partial charge in [0.15, 0.2) is 0 Å². The van der Waals surface area contributed by atoms with Crippen molar-refractivity contribution in [1.29, 1.82) is 0 Å². The molecule has 23 heavy (non-hydrogen) atoms. The molecule has 1 aromatic heterocycles. The quantitative estimate of drug-likeness (QED) is 0.873. The maximum absolute atomic E-state index is 12.0. The third-order valence-electron chi connectivity index (χ3n) is 4.54. The summed E-state index contributed by atoms with van der Waals surface area (Å²) in [6, 6.07) is -0.0812. The first kappa shape index (κ1) is 17.8. The zero-order valence-electron chi connectivity index (χ0n) is 15.0. The molecule has 0 unspecified atom stereocenters. The molecular weight excluding hydrogens is 294 g/mol. The van der Waals surface area contributed by atoms with E-state index < -0.39 is 0 Å². The summed E-state index contributed by atoms with van der Waals surface area (Å²) in [5.74, 6) is 1.33. The van der Waals surface area contributed by atoms with Gasteiger partial charge < -0.3 is 19.8 Å². The summed E-state index contributed by atoms with van der Waals surface area (Å²) < 4.78 is 11.3. The lowest BCUT2D eigenvalue weighted by Gasteiger charge is -2.51. The maximum atomic E-state index is 12.0. The molecule has 6 nitrogen and oxygen atoms in total. The second-order valence-corrected chi connectivity index (χ2v) is 7.75. The molecule has 130 valence electrons. The largest absolute Gasteiger partial charge is 0.443 e. The van der Waals surface area contributed by atoms with E-state index in [2.05, 4.69) is 50.2 Å². The second-order valence-electron chi connectivity index (χ2n) is 7.75. The monoisotopic (exact) mass is 323 g/mol. The molecule has 1 heterocycles. The predicted molar refractivity (Wildman–Crippen MR) is 88.2 cm³/mol. The minimum Gasteiger partial charge on any atom is -0.443 e. The molecule has 0 saturated heterocycles. The van der Waals surface area contributed by atoms with Crippen LogP contribution in [-0.4, -0.2) is 29.8 Å². The first-order valence-corrected chi connectivity index (χ1v) is 8.25. The lowest BCUT2D eigenvalue weighted by Crippen LogP contribution is -2.63. The molecule has 6 heteroatoms. The summed E-state index contributed by atoms with van der Waals surface area (Å²) in [5, 5.41) is 5.80. The Kier molecular flexibility index (Phi) is 5.04.